The third-order valence-electron chi connectivity index (χ3n) is 3.28. The lowest BCUT2D eigenvalue weighted by atomic mass is 9.89. The van der Waals surface area contributed by atoms with Crippen molar-refractivity contribution in [1.82, 2.24) is 9.97 Å². The zero-order valence-electron chi connectivity index (χ0n) is 10.1. The molecule has 0 bridgehead atoms. The van der Waals surface area contributed by atoms with Gasteiger partial charge in [-0.25, -0.2) is 4.98 Å². The van der Waals surface area contributed by atoms with E-state index in [0.29, 0.717) is 29.7 Å². The quantitative estimate of drug-likeness (QED) is 0.613. The van der Waals surface area contributed by atoms with E-state index in [0.717, 1.165) is 5.56 Å². The summed E-state index contributed by atoms with van der Waals surface area (Å²) in [4.78, 5) is 28.9. The van der Waals surface area contributed by atoms with Gasteiger partial charge in [0.1, 0.15) is 5.02 Å². The molecule has 0 aliphatic heterocycles. The lowest BCUT2D eigenvalue weighted by Gasteiger charge is -2.18. The molecular weight excluding hydrogens is 284 g/mol. The number of aromatic nitrogens is 2. The van der Waals surface area contributed by atoms with E-state index in [-0.39, 0.29) is 16.7 Å². The number of hydrogen-bond donors (Lipinski definition) is 2. The normalized spacial score (nSPS) is 12.7. The maximum atomic E-state index is 12.0. The van der Waals surface area contributed by atoms with Crippen molar-refractivity contribution >= 4 is 23.2 Å². The van der Waals surface area contributed by atoms with Crippen LogP contribution in [0.25, 0.3) is 11.1 Å². The van der Waals surface area contributed by atoms with Gasteiger partial charge in [-0.3, -0.25) is 19.9 Å². The second-order valence-electron chi connectivity index (χ2n) is 4.49. The largest absolute Gasteiger partial charge is 0.369 e. The highest BCUT2D eigenvalue weighted by molar-refractivity contribution is 6.32. The summed E-state index contributed by atoms with van der Waals surface area (Å²) in [7, 11) is 0. The van der Waals surface area contributed by atoms with E-state index in [2.05, 4.69) is 9.97 Å². The first kappa shape index (κ1) is 12.6. The predicted molar refractivity (Wildman–Crippen MR) is 73.8 cm³/mol. The van der Waals surface area contributed by atoms with Crippen LogP contribution in [0.15, 0.2) is 16.9 Å². The standard InChI is InChI=1S/C12H9ClN4O3/c13-7-3-5-1-2-8-10(11(18)16-12(14)15-8)6(5)4-9(7)17(19)20/h3-4H,1-2H2,(H3,14,15,16,18). The Bertz CT molecular complexity index is 800. The van der Waals surface area contributed by atoms with Gasteiger partial charge < -0.3 is 5.73 Å². The van der Waals surface area contributed by atoms with E-state index in [1.165, 1.54) is 12.1 Å². The molecule has 0 fully saturated rings. The molecule has 0 spiro atoms. The van der Waals surface area contributed by atoms with Crippen LogP contribution < -0.4 is 11.3 Å². The number of hydrogen-bond acceptors (Lipinski definition) is 5. The summed E-state index contributed by atoms with van der Waals surface area (Å²) in [5.74, 6) is 0.0423. The van der Waals surface area contributed by atoms with Gasteiger partial charge in [-0.05, 0) is 30.0 Å². The molecule has 8 heteroatoms. The maximum Gasteiger partial charge on any atom is 0.288 e. The molecule has 2 aromatic rings. The van der Waals surface area contributed by atoms with E-state index >= 15 is 0 Å². The van der Waals surface area contributed by atoms with Crippen molar-refractivity contribution in [3.63, 3.8) is 0 Å². The van der Waals surface area contributed by atoms with E-state index in [1.54, 1.807) is 0 Å². The van der Waals surface area contributed by atoms with Gasteiger partial charge in [0.15, 0.2) is 0 Å². The van der Waals surface area contributed by atoms with Crippen LogP contribution in [0, 0.1) is 10.1 Å². The summed E-state index contributed by atoms with van der Waals surface area (Å²) in [6.07, 6.45) is 1.15. The van der Waals surface area contributed by atoms with Gasteiger partial charge in [-0.1, -0.05) is 11.6 Å². The molecule has 102 valence electrons. The van der Waals surface area contributed by atoms with E-state index in [1.807, 2.05) is 0 Å². The van der Waals surface area contributed by atoms with Crippen LogP contribution in [-0.2, 0) is 12.8 Å². The van der Waals surface area contributed by atoms with Crippen molar-refractivity contribution in [3.05, 3.63) is 48.9 Å². The van der Waals surface area contributed by atoms with Crippen LogP contribution in [0.5, 0.6) is 0 Å². The monoisotopic (exact) mass is 292 g/mol. The highest BCUT2D eigenvalue weighted by Crippen LogP contribution is 2.37. The van der Waals surface area contributed by atoms with Crippen molar-refractivity contribution in [1.29, 1.82) is 0 Å². The first-order chi connectivity index (χ1) is 9.47. The fourth-order valence-corrected chi connectivity index (χ4v) is 2.69. The van der Waals surface area contributed by atoms with E-state index in [9.17, 15) is 14.9 Å². The highest BCUT2D eigenvalue weighted by Gasteiger charge is 2.25. The Kier molecular flexibility index (Phi) is 2.72. The van der Waals surface area contributed by atoms with Crippen LogP contribution >= 0.6 is 11.6 Å². The van der Waals surface area contributed by atoms with Crippen molar-refractivity contribution in [2.45, 2.75) is 12.8 Å². The summed E-state index contributed by atoms with van der Waals surface area (Å²) in [5, 5.41) is 11.0. The molecule has 3 N–H and O–H groups in total. The van der Waals surface area contributed by atoms with Gasteiger partial charge in [0.2, 0.25) is 5.95 Å². The van der Waals surface area contributed by atoms with E-state index < -0.39 is 10.5 Å². The van der Waals surface area contributed by atoms with Gasteiger partial charge in [-0.15, -0.1) is 0 Å². The predicted octanol–water partition coefficient (Wildman–Crippen LogP) is 1.68. The number of nitro groups is 1. The van der Waals surface area contributed by atoms with Crippen molar-refractivity contribution in [3.8, 4) is 11.1 Å². The molecule has 0 unspecified atom stereocenters. The summed E-state index contributed by atoms with van der Waals surface area (Å²) >= 11 is 5.89. The minimum absolute atomic E-state index is 0.0423. The number of nitrogens with zero attached hydrogens (tertiary/aromatic N) is 2. The fourth-order valence-electron chi connectivity index (χ4n) is 2.43. The van der Waals surface area contributed by atoms with Crippen molar-refractivity contribution in [2.24, 2.45) is 0 Å². The minimum atomic E-state index is -0.574. The highest BCUT2D eigenvalue weighted by atomic mass is 35.5. The Morgan fingerprint density at radius 3 is 2.85 bits per heavy atom. The molecule has 0 saturated carbocycles. The van der Waals surface area contributed by atoms with Gasteiger partial charge in [0.25, 0.3) is 11.2 Å². The smallest absolute Gasteiger partial charge is 0.288 e. The molecule has 1 aliphatic rings. The lowest BCUT2D eigenvalue weighted by molar-refractivity contribution is -0.384. The number of nitrogen functional groups attached to an aromatic ring is 1. The molecule has 1 aliphatic carbocycles. The van der Waals surface area contributed by atoms with Gasteiger partial charge in [0.05, 0.1) is 16.2 Å². The van der Waals surface area contributed by atoms with Crippen LogP contribution in [-0.4, -0.2) is 14.9 Å². The molecule has 1 heterocycles. The van der Waals surface area contributed by atoms with Crippen LogP contribution in [0.2, 0.25) is 5.02 Å². The van der Waals surface area contributed by atoms with Crippen LogP contribution in [0.1, 0.15) is 11.3 Å². The third-order valence-corrected chi connectivity index (χ3v) is 3.59. The molecular formula is C12H9ClN4O3. The van der Waals surface area contributed by atoms with Crippen molar-refractivity contribution < 1.29 is 4.92 Å². The number of anilines is 1. The Balaban J connectivity index is 2.33. The van der Waals surface area contributed by atoms with Gasteiger partial charge in [0, 0.05) is 6.07 Å². The zero-order valence-corrected chi connectivity index (χ0v) is 10.9. The average Bonchev–Trinajstić information content (AvgIpc) is 2.36. The third kappa shape index (κ3) is 1.83. The number of benzene rings is 1. The number of H-pyrrole nitrogens is 1. The number of nitro benzene ring substituents is 1. The molecule has 0 radical (unpaired) electrons. The summed E-state index contributed by atoms with van der Waals surface area (Å²) in [6.45, 7) is 0. The summed E-state index contributed by atoms with van der Waals surface area (Å²) in [5.41, 5.74) is 7.06. The molecule has 0 atom stereocenters. The molecule has 0 amide bonds. The summed E-state index contributed by atoms with van der Waals surface area (Å²) in [6, 6.07) is 2.86. The van der Waals surface area contributed by atoms with Gasteiger partial charge >= 0.3 is 0 Å². The fraction of sp³-hybridized carbons (Fsp3) is 0.167. The first-order valence-electron chi connectivity index (χ1n) is 5.83. The molecule has 7 nitrogen and oxygen atoms in total. The van der Waals surface area contributed by atoms with Crippen LogP contribution in [0.3, 0.4) is 0 Å². The second-order valence-corrected chi connectivity index (χ2v) is 4.90. The second kappa shape index (κ2) is 4.31. The molecule has 1 aromatic heterocycles. The Morgan fingerprint density at radius 2 is 2.15 bits per heavy atom. The average molecular weight is 293 g/mol. The lowest BCUT2D eigenvalue weighted by Crippen LogP contribution is -2.20. The van der Waals surface area contributed by atoms with E-state index in [4.69, 9.17) is 17.3 Å². The number of nitrogens with two attached hydrogens (primary N) is 1. The van der Waals surface area contributed by atoms with Gasteiger partial charge in [-0.2, -0.15) is 0 Å². The Morgan fingerprint density at radius 1 is 1.40 bits per heavy atom. The molecule has 1 aromatic carbocycles. The molecule has 0 saturated heterocycles. The van der Waals surface area contributed by atoms with Crippen LogP contribution in [0.4, 0.5) is 11.6 Å². The number of fused-ring (bicyclic) bond motifs is 3. The van der Waals surface area contributed by atoms with Crippen molar-refractivity contribution in [2.75, 3.05) is 5.73 Å². The summed E-state index contributed by atoms with van der Waals surface area (Å²) < 4.78 is 0. The topological polar surface area (TPSA) is 115 Å². The Hall–Kier alpha value is -2.41. The number of nitrogens with one attached hydrogen (secondary N) is 1. The maximum absolute atomic E-state index is 12.0. The Labute approximate surface area is 117 Å². The number of aryl methyl sites for hydroxylation is 2. The first-order valence-corrected chi connectivity index (χ1v) is 6.21. The number of rotatable bonds is 1. The molecule has 20 heavy (non-hydrogen) atoms. The SMILES string of the molecule is Nc1nc2c(c(=O)[nH]1)-c1cc([N+](=O)[O-])c(Cl)cc1CC2. The molecule has 3 rings (SSSR count). The number of aromatic amines is 1. The number of halogens is 1. The zero-order chi connectivity index (χ0) is 14.4. The minimum Gasteiger partial charge on any atom is -0.369 e.